The summed E-state index contributed by atoms with van der Waals surface area (Å²) in [6.45, 7) is 3.53. The van der Waals surface area contributed by atoms with Crippen LogP contribution in [0.15, 0.2) is 42.5 Å². The van der Waals surface area contributed by atoms with Gasteiger partial charge in [-0.25, -0.2) is 8.42 Å². The van der Waals surface area contributed by atoms with E-state index in [1.165, 1.54) is 7.11 Å². The van der Waals surface area contributed by atoms with Gasteiger partial charge in [-0.05, 0) is 61.4 Å². The van der Waals surface area contributed by atoms with Gasteiger partial charge in [0.2, 0.25) is 21.8 Å². The topological polar surface area (TPSA) is 156 Å². The molecule has 0 unspecified atom stereocenters. The average molecular weight is 661 g/mol. The Morgan fingerprint density at radius 3 is 2.39 bits per heavy atom. The fourth-order valence-electron chi connectivity index (χ4n) is 6.56. The van der Waals surface area contributed by atoms with E-state index in [1.807, 2.05) is 24.3 Å². The highest BCUT2D eigenvalue weighted by molar-refractivity contribution is 7.92. The van der Waals surface area contributed by atoms with Crippen molar-refractivity contribution in [2.45, 2.75) is 49.9 Å². The number of rotatable bonds is 12. The van der Waals surface area contributed by atoms with Crippen LogP contribution in [0.5, 0.6) is 17.2 Å². The van der Waals surface area contributed by atoms with Crippen LogP contribution < -0.4 is 19.5 Å². The number of methoxy groups -OCH3 is 2. The van der Waals surface area contributed by atoms with Crippen LogP contribution in [0.25, 0.3) is 0 Å². The molecular formula is C32H44N4O9S. The number of sulfonamides is 1. The van der Waals surface area contributed by atoms with Gasteiger partial charge in [-0.2, -0.15) is 0 Å². The summed E-state index contributed by atoms with van der Waals surface area (Å²) in [6, 6.07) is 11.5. The highest BCUT2D eigenvalue weighted by Gasteiger charge is 2.55. The molecule has 3 heterocycles. The van der Waals surface area contributed by atoms with Gasteiger partial charge in [0.15, 0.2) is 11.5 Å². The Bertz CT molecular complexity index is 1470. The Hall–Kier alpha value is -3.43. The first-order valence-corrected chi connectivity index (χ1v) is 17.4. The number of hydrogen-bond acceptors (Lipinski definition) is 10. The van der Waals surface area contributed by atoms with Gasteiger partial charge >= 0.3 is 0 Å². The Morgan fingerprint density at radius 2 is 1.76 bits per heavy atom. The van der Waals surface area contributed by atoms with Crippen LogP contribution in [-0.2, 0) is 35.6 Å². The number of anilines is 1. The van der Waals surface area contributed by atoms with Gasteiger partial charge in [0.05, 0.1) is 31.8 Å². The Balaban J connectivity index is 1.20. The first kappa shape index (κ1) is 33.9. The van der Waals surface area contributed by atoms with Crippen molar-refractivity contribution in [1.29, 1.82) is 0 Å². The second kappa shape index (κ2) is 14.6. The average Bonchev–Trinajstić information content (AvgIpc) is 3.04. The number of hydrogen-bond donors (Lipinski definition) is 3. The molecule has 5 rings (SSSR count). The first-order valence-electron chi connectivity index (χ1n) is 15.5. The number of nitrogens with one attached hydrogen (secondary N) is 2. The molecule has 3 aliphatic rings. The predicted molar refractivity (Wildman–Crippen MR) is 170 cm³/mol. The second-order valence-corrected chi connectivity index (χ2v) is 13.9. The molecule has 0 aliphatic carbocycles. The summed E-state index contributed by atoms with van der Waals surface area (Å²) in [5.74, 6) is 0.846. The molecule has 2 aromatic carbocycles. The fraction of sp³-hybridized carbons (Fsp3) is 0.562. The fourth-order valence-corrected chi connectivity index (χ4v) is 7.12. The monoisotopic (exact) mass is 660 g/mol. The summed E-state index contributed by atoms with van der Waals surface area (Å²) in [5.41, 5.74) is 0.443. The van der Waals surface area contributed by atoms with Crippen LogP contribution >= 0.6 is 0 Å². The van der Waals surface area contributed by atoms with Gasteiger partial charge in [-0.1, -0.05) is 12.1 Å². The lowest BCUT2D eigenvalue weighted by Crippen LogP contribution is -2.75. The van der Waals surface area contributed by atoms with Crippen molar-refractivity contribution in [1.82, 2.24) is 15.1 Å². The quantitative estimate of drug-likeness (QED) is 0.308. The molecule has 0 bridgehead atoms. The van der Waals surface area contributed by atoms with Crippen molar-refractivity contribution < 1.29 is 42.1 Å². The number of aliphatic hydroxyl groups excluding tert-OH is 1. The lowest BCUT2D eigenvalue weighted by Gasteiger charge is -2.52. The zero-order valence-corrected chi connectivity index (χ0v) is 27.4. The molecule has 0 aromatic heterocycles. The highest BCUT2D eigenvalue weighted by Crippen LogP contribution is 2.36. The number of aliphatic hydroxyl groups is 1. The minimum Gasteiger partial charge on any atom is -0.493 e. The smallest absolute Gasteiger partial charge is 0.248 e. The number of carbonyl (C=O) groups is 2. The molecule has 3 aliphatic heterocycles. The molecule has 2 aromatic rings. The van der Waals surface area contributed by atoms with E-state index >= 15 is 0 Å². The lowest BCUT2D eigenvalue weighted by atomic mass is 9.79. The number of carbonyl (C=O) groups excluding carboxylic acids is 2. The Morgan fingerprint density at radius 1 is 1.07 bits per heavy atom. The van der Waals surface area contributed by atoms with Crippen LogP contribution in [0.1, 0.15) is 31.2 Å². The number of benzene rings is 2. The lowest BCUT2D eigenvalue weighted by molar-refractivity contribution is -0.167. The van der Waals surface area contributed by atoms with E-state index in [2.05, 4.69) is 14.9 Å². The molecule has 13 nitrogen and oxygen atoms in total. The standard InChI is InChI=1S/C32H44N4O9S/c1-42-19-16-36-30(38)28(29(37)23-10-17-44-18-11-23)33-31(39)32(36)12-14-35(15-13-32)21-22-4-7-25(8-5-22)45-26-9-6-24(20-27(26)43-2)34-46(3,40)41/h4-9,20,23,28-29,34,37H,10-19,21H2,1-3H3,(H,33,39)/t28-,29-/m1/s1. The van der Waals surface area contributed by atoms with Crippen molar-refractivity contribution in [3.63, 3.8) is 0 Å². The molecule has 46 heavy (non-hydrogen) atoms. The van der Waals surface area contributed by atoms with Gasteiger partial charge < -0.3 is 34.3 Å². The SMILES string of the molecule is COCCN1C(=O)[C@@H]([C@H](O)C2CCOCC2)NC(=O)C12CCN(Cc1ccc(Oc3ccc(NS(C)(=O)=O)cc3OC)cc1)CC2. The van der Waals surface area contributed by atoms with E-state index < -0.39 is 27.7 Å². The molecule has 3 saturated heterocycles. The molecular weight excluding hydrogens is 616 g/mol. The first-order chi connectivity index (χ1) is 22.0. The maximum Gasteiger partial charge on any atom is 0.248 e. The minimum atomic E-state index is -3.43. The van der Waals surface area contributed by atoms with Crippen molar-refractivity contribution in [3.8, 4) is 17.2 Å². The molecule has 3 fully saturated rings. The van der Waals surface area contributed by atoms with Gasteiger partial charge in [0, 0.05) is 52.6 Å². The molecule has 0 saturated carbocycles. The summed E-state index contributed by atoms with van der Waals surface area (Å²) < 4.78 is 47.6. The third kappa shape index (κ3) is 7.74. The minimum absolute atomic E-state index is 0.105. The summed E-state index contributed by atoms with van der Waals surface area (Å²) in [6.07, 6.45) is 2.36. The van der Waals surface area contributed by atoms with Crippen molar-refractivity contribution >= 4 is 27.5 Å². The summed E-state index contributed by atoms with van der Waals surface area (Å²) in [7, 11) is -0.373. The number of nitrogens with zero attached hydrogens (tertiary/aromatic N) is 2. The van der Waals surface area contributed by atoms with Crippen LogP contribution in [0, 0.1) is 5.92 Å². The highest BCUT2D eigenvalue weighted by atomic mass is 32.2. The number of likely N-dealkylation sites (tertiary alicyclic amines) is 1. The largest absolute Gasteiger partial charge is 0.493 e. The van der Waals surface area contributed by atoms with Crippen LogP contribution in [0.3, 0.4) is 0 Å². The van der Waals surface area contributed by atoms with Crippen molar-refractivity contribution in [2.24, 2.45) is 5.92 Å². The molecule has 0 radical (unpaired) electrons. The van der Waals surface area contributed by atoms with E-state index in [0.717, 1.165) is 11.8 Å². The van der Waals surface area contributed by atoms with E-state index in [9.17, 15) is 23.1 Å². The molecule has 252 valence electrons. The Labute approximate surface area is 270 Å². The van der Waals surface area contributed by atoms with Gasteiger partial charge in [-0.3, -0.25) is 19.2 Å². The number of amides is 2. The van der Waals surface area contributed by atoms with Crippen LogP contribution in [-0.4, -0.2) is 113 Å². The zero-order valence-electron chi connectivity index (χ0n) is 26.6. The van der Waals surface area contributed by atoms with E-state index in [-0.39, 0.29) is 24.3 Å². The molecule has 1 spiro atoms. The zero-order chi connectivity index (χ0) is 32.9. The maximum atomic E-state index is 13.8. The van der Waals surface area contributed by atoms with Crippen molar-refractivity contribution in [2.75, 3.05) is 64.7 Å². The number of piperidine rings is 1. The van der Waals surface area contributed by atoms with Gasteiger partial charge in [0.1, 0.15) is 17.3 Å². The van der Waals surface area contributed by atoms with Crippen LogP contribution in [0.2, 0.25) is 0 Å². The molecule has 14 heteroatoms. The van der Waals surface area contributed by atoms with E-state index in [4.69, 9.17) is 18.9 Å². The van der Waals surface area contributed by atoms with Crippen molar-refractivity contribution in [3.05, 3.63) is 48.0 Å². The second-order valence-electron chi connectivity index (χ2n) is 12.2. The molecule has 2 amide bonds. The number of piperazine rings is 1. The third-order valence-corrected chi connectivity index (χ3v) is 9.68. The summed E-state index contributed by atoms with van der Waals surface area (Å²) >= 11 is 0. The Kier molecular flexibility index (Phi) is 10.7. The van der Waals surface area contributed by atoms with E-state index in [1.54, 1.807) is 30.2 Å². The molecule has 2 atom stereocenters. The molecule has 3 N–H and O–H groups in total. The van der Waals surface area contributed by atoms with Gasteiger partial charge in [-0.15, -0.1) is 0 Å². The number of ether oxygens (including phenoxy) is 4. The maximum absolute atomic E-state index is 13.8. The van der Waals surface area contributed by atoms with Crippen LogP contribution in [0.4, 0.5) is 5.69 Å². The normalized spacial score (nSPS) is 21.6. The summed E-state index contributed by atoms with van der Waals surface area (Å²) in [4.78, 5) is 31.4. The van der Waals surface area contributed by atoms with E-state index in [0.29, 0.717) is 88.1 Å². The predicted octanol–water partition coefficient (Wildman–Crippen LogP) is 1.95. The third-order valence-electron chi connectivity index (χ3n) is 9.07. The van der Waals surface area contributed by atoms with Gasteiger partial charge in [0.25, 0.3) is 0 Å². The summed E-state index contributed by atoms with van der Waals surface area (Å²) in [5, 5.41) is 14.0.